The van der Waals surface area contributed by atoms with Gasteiger partial charge in [-0.2, -0.15) is 0 Å². The molecule has 0 bridgehead atoms. The maximum absolute atomic E-state index is 11.9. The zero-order valence-electron chi connectivity index (χ0n) is 11.9. The molecule has 0 unspecified atom stereocenters. The van der Waals surface area contributed by atoms with Crippen LogP contribution in [0.4, 0.5) is 5.69 Å². The number of carbonyl (C=O) groups is 1. The Labute approximate surface area is 129 Å². The zero-order chi connectivity index (χ0) is 15.1. The number of para-hydroxylation sites is 1. The minimum atomic E-state index is -0.0831. The minimum absolute atomic E-state index is 0.0831. The Bertz CT molecular complexity index is 613. The molecule has 110 valence electrons. The van der Waals surface area contributed by atoms with Crippen LogP contribution in [-0.2, 0) is 10.7 Å². The summed E-state index contributed by atoms with van der Waals surface area (Å²) < 4.78 is 5.56. The van der Waals surface area contributed by atoms with Gasteiger partial charge in [-0.15, -0.1) is 11.6 Å². The summed E-state index contributed by atoms with van der Waals surface area (Å²) in [5.74, 6) is 1.07. The lowest BCUT2D eigenvalue weighted by Crippen LogP contribution is -2.16. The Hall–Kier alpha value is -2.00. The number of halogens is 1. The third kappa shape index (κ3) is 4.80. The Kier molecular flexibility index (Phi) is 5.64. The molecule has 0 aliphatic carbocycles. The van der Waals surface area contributed by atoms with Crippen LogP contribution in [0.3, 0.4) is 0 Å². The smallest absolute Gasteiger partial charge is 0.227 e. The van der Waals surface area contributed by atoms with E-state index in [0.717, 1.165) is 22.6 Å². The first-order valence-electron chi connectivity index (χ1n) is 6.82. The third-order valence-electron chi connectivity index (χ3n) is 3.02. The molecule has 21 heavy (non-hydrogen) atoms. The van der Waals surface area contributed by atoms with Crippen molar-refractivity contribution in [2.45, 2.75) is 19.2 Å². The van der Waals surface area contributed by atoms with Gasteiger partial charge in [-0.1, -0.05) is 30.3 Å². The van der Waals surface area contributed by atoms with Crippen LogP contribution in [0.2, 0.25) is 0 Å². The summed E-state index contributed by atoms with van der Waals surface area (Å²) in [6.45, 7) is 2.35. The van der Waals surface area contributed by atoms with Crippen molar-refractivity contribution in [2.24, 2.45) is 0 Å². The molecular formula is C17H18ClNO2. The van der Waals surface area contributed by atoms with E-state index in [0.29, 0.717) is 18.9 Å². The fourth-order valence-electron chi connectivity index (χ4n) is 1.94. The van der Waals surface area contributed by atoms with Crippen LogP contribution in [0.1, 0.15) is 17.5 Å². The summed E-state index contributed by atoms with van der Waals surface area (Å²) in [6.07, 6.45) is 0.296. The van der Waals surface area contributed by atoms with E-state index in [9.17, 15) is 4.79 Å². The molecule has 2 aromatic rings. The Balaban J connectivity index is 1.82. The normalized spacial score (nSPS) is 10.2. The predicted molar refractivity (Wildman–Crippen MR) is 85.9 cm³/mol. The van der Waals surface area contributed by atoms with Gasteiger partial charge in [0.1, 0.15) is 5.75 Å². The minimum Gasteiger partial charge on any atom is -0.493 e. The monoisotopic (exact) mass is 303 g/mol. The summed E-state index contributed by atoms with van der Waals surface area (Å²) in [5.41, 5.74) is 2.80. The van der Waals surface area contributed by atoms with Crippen LogP contribution in [-0.4, -0.2) is 12.5 Å². The first-order valence-corrected chi connectivity index (χ1v) is 7.35. The number of hydrogen-bond donors (Lipinski definition) is 1. The van der Waals surface area contributed by atoms with E-state index in [1.165, 1.54) is 0 Å². The highest BCUT2D eigenvalue weighted by atomic mass is 35.5. The molecule has 0 aromatic heterocycles. The van der Waals surface area contributed by atoms with Crippen molar-refractivity contribution in [3.63, 3.8) is 0 Å². The largest absolute Gasteiger partial charge is 0.493 e. The van der Waals surface area contributed by atoms with E-state index in [1.54, 1.807) is 0 Å². The van der Waals surface area contributed by atoms with E-state index in [4.69, 9.17) is 16.3 Å². The molecule has 4 heteroatoms. The number of aryl methyl sites for hydroxylation is 1. The standard InChI is InChI=1S/C17H18ClNO2/c1-13-5-4-7-15(11-13)21-10-9-17(20)19-16-8-3-2-6-14(16)12-18/h2-8,11H,9-10,12H2,1H3,(H,19,20). The average Bonchev–Trinajstić information content (AvgIpc) is 2.48. The van der Waals surface area contributed by atoms with Crippen molar-refractivity contribution in [3.05, 3.63) is 59.7 Å². The van der Waals surface area contributed by atoms with Gasteiger partial charge in [0.15, 0.2) is 0 Å². The highest BCUT2D eigenvalue weighted by Crippen LogP contribution is 2.17. The summed E-state index contributed by atoms with van der Waals surface area (Å²) >= 11 is 5.84. The lowest BCUT2D eigenvalue weighted by Gasteiger charge is -2.10. The SMILES string of the molecule is Cc1cccc(OCCC(=O)Nc2ccccc2CCl)c1. The number of rotatable bonds is 6. The van der Waals surface area contributed by atoms with Gasteiger partial charge >= 0.3 is 0 Å². The van der Waals surface area contributed by atoms with Gasteiger partial charge in [0.05, 0.1) is 13.0 Å². The molecule has 0 radical (unpaired) electrons. The van der Waals surface area contributed by atoms with Crippen LogP contribution in [0.25, 0.3) is 0 Å². The molecule has 0 heterocycles. The van der Waals surface area contributed by atoms with Gasteiger partial charge in [-0.05, 0) is 36.2 Å². The fourth-order valence-corrected chi connectivity index (χ4v) is 2.17. The number of anilines is 1. The van der Waals surface area contributed by atoms with Crippen LogP contribution in [0, 0.1) is 6.92 Å². The van der Waals surface area contributed by atoms with Gasteiger partial charge in [0.2, 0.25) is 5.91 Å². The molecular weight excluding hydrogens is 286 g/mol. The van der Waals surface area contributed by atoms with E-state index < -0.39 is 0 Å². The molecule has 3 nitrogen and oxygen atoms in total. The van der Waals surface area contributed by atoms with Gasteiger partial charge < -0.3 is 10.1 Å². The van der Waals surface area contributed by atoms with Crippen molar-refractivity contribution < 1.29 is 9.53 Å². The lowest BCUT2D eigenvalue weighted by atomic mass is 10.2. The molecule has 1 N–H and O–H groups in total. The second-order valence-corrected chi connectivity index (χ2v) is 5.02. The van der Waals surface area contributed by atoms with Crippen molar-refractivity contribution in [1.82, 2.24) is 0 Å². The van der Waals surface area contributed by atoms with Crippen LogP contribution in [0.5, 0.6) is 5.75 Å². The fraction of sp³-hybridized carbons (Fsp3) is 0.235. The first kappa shape index (κ1) is 15.4. The molecule has 0 aliphatic rings. The molecule has 0 spiro atoms. The number of nitrogens with one attached hydrogen (secondary N) is 1. The zero-order valence-corrected chi connectivity index (χ0v) is 12.7. The third-order valence-corrected chi connectivity index (χ3v) is 3.31. The number of hydrogen-bond acceptors (Lipinski definition) is 2. The second kappa shape index (κ2) is 7.70. The number of amides is 1. The van der Waals surface area contributed by atoms with Gasteiger partial charge in [0.25, 0.3) is 0 Å². The average molecular weight is 304 g/mol. The summed E-state index contributed by atoms with van der Waals surface area (Å²) in [6, 6.07) is 15.3. The summed E-state index contributed by atoms with van der Waals surface area (Å²) in [5, 5.41) is 2.86. The van der Waals surface area contributed by atoms with Crippen LogP contribution in [0.15, 0.2) is 48.5 Å². The maximum atomic E-state index is 11.9. The van der Waals surface area contributed by atoms with Crippen molar-refractivity contribution in [1.29, 1.82) is 0 Å². The lowest BCUT2D eigenvalue weighted by molar-refractivity contribution is -0.116. The molecule has 0 saturated heterocycles. The van der Waals surface area contributed by atoms with E-state index in [1.807, 2.05) is 55.5 Å². The van der Waals surface area contributed by atoms with Crippen LogP contribution >= 0.6 is 11.6 Å². The topological polar surface area (TPSA) is 38.3 Å². The molecule has 2 aromatic carbocycles. The van der Waals surface area contributed by atoms with Gasteiger partial charge in [0, 0.05) is 11.6 Å². The van der Waals surface area contributed by atoms with E-state index in [-0.39, 0.29) is 5.91 Å². The number of alkyl halides is 1. The number of carbonyl (C=O) groups excluding carboxylic acids is 1. The molecule has 0 saturated carbocycles. The highest BCUT2D eigenvalue weighted by Gasteiger charge is 2.06. The quantitative estimate of drug-likeness (QED) is 0.814. The Morgan fingerprint density at radius 1 is 1.19 bits per heavy atom. The Morgan fingerprint density at radius 3 is 2.76 bits per heavy atom. The summed E-state index contributed by atoms with van der Waals surface area (Å²) in [4.78, 5) is 11.9. The van der Waals surface area contributed by atoms with Gasteiger partial charge in [-0.3, -0.25) is 4.79 Å². The van der Waals surface area contributed by atoms with E-state index >= 15 is 0 Å². The van der Waals surface area contributed by atoms with Crippen molar-refractivity contribution in [2.75, 3.05) is 11.9 Å². The van der Waals surface area contributed by atoms with E-state index in [2.05, 4.69) is 5.32 Å². The maximum Gasteiger partial charge on any atom is 0.227 e. The van der Waals surface area contributed by atoms with Crippen LogP contribution < -0.4 is 10.1 Å². The Morgan fingerprint density at radius 2 is 2.00 bits per heavy atom. The molecule has 2 rings (SSSR count). The molecule has 0 atom stereocenters. The number of ether oxygens (including phenoxy) is 1. The predicted octanol–water partition coefficient (Wildman–Crippen LogP) is 4.14. The molecule has 0 fully saturated rings. The molecule has 1 amide bonds. The summed E-state index contributed by atoms with van der Waals surface area (Å²) in [7, 11) is 0. The molecule has 0 aliphatic heterocycles. The number of benzene rings is 2. The van der Waals surface area contributed by atoms with Gasteiger partial charge in [-0.25, -0.2) is 0 Å². The highest BCUT2D eigenvalue weighted by molar-refractivity contribution is 6.17. The first-order chi connectivity index (χ1) is 10.2. The second-order valence-electron chi connectivity index (χ2n) is 4.75. The van der Waals surface area contributed by atoms with Crippen molar-refractivity contribution >= 4 is 23.2 Å². The van der Waals surface area contributed by atoms with Crippen molar-refractivity contribution in [3.8, 4) is 5.75 Å².